The molecule has 0 spiro atoms. The fourth-order valence-corrected chi connectivity index (χ4v) is 13.8. The summed E-state index contributed by atoms with van der Waals surface area (Å²) in [5, 5.41) is 14.0. The van der Waals surface area contributed by atoms with Gasteiger partial charge < -0.3 is 84.3 Å². The fraction of sp³-hybridized carbons (Fsp3) is 0.436. The predicted octanol–water partition coefficient (Wildman–Crippen LogP) is 16.9. The summed E-state index contributed by atoms with van der Waals surface area (Å²) in [5.41, 5.74) is 11.6. The average Bonchev–Trinajstić information content (AvgIpc) is 1.41. The summed E-state index contributed by atoms with van der Waals surface area (Å²) >= 11 is 17.9. The Morgan fingerprint density at radius 2 is 0.787 bits per heavy atom. The molecule has 4 aromatic heterocycles. The first-order chi connectivity index (χ1) is 64.1. The van der Waals surface area contributed by atoms with E-state index in [4.69, 9.17) is 25.1 Å². The number of amides is 4. The number of hydrogen-bond acceptors (Lipinski definition) is 16. The SMILES string of the molecule is CC(=O)O.CC(C)COc1ccc(CN)cc1.CC(C)COc1ccc(CNC(=O)N(Cc2ccc(F)cc2)C2CCN(C)CC2)cc1.CI.CN1CCC(N(Cc2ccc(F)cc2)C(=O)n2cc[n+](C)c2)CC1.CN1CCC(N(Cc2ccc(F)cc2)C(=O)n2ccnc2)CC1.CN1CCC(NCc2ccc(F)cc2)CC1.I.II(I)I.I[I-]I(I)I.O=C(n1ccnc1)n1ccnc1.[I-]. The van der Waals surface area contributed by atoms with Gasteiger partial charge in [0.2, 0.25) is 0 Å². The molecule has 0 atom stereocenters. The second-order valence-electron chi connectivity index (χ2n) is 32.7. The van der Waals surface area contributed by atoms with Crippen LogP contribution in [0.1, 0.15) is 119 Å². The van der Waals surface area contributed by atoms with Gasteiger partial charge in [0.05, 0.1) is 20.3 Å². The van der Waals surface area contributed by atoms with Gasteiger partial charge in [0, 0.05) is 108 Å². The molecule has 42 heteroatoms. The second-order valence-corrected chi connectivity index (χ2v) is 146. The summed E-state index contributed by atoms with van der Waals surface area (Å²) in [6.45, 7) is 22.6. The van der Waals surface area contributed by atoms with E-state index in [-0.39, 0.29) is 129 Å². The van der Waals surface area contributed by atoms with Crippen LogP contribution in [0, 0.1) is 35.1 Å². The molecule has 4 amide bonds. The van der Waals surface area contributed by atoms with Gasteiger partial charge in [-0.15, -0.1) is 24.0 Å². The molecule has 136 heavy (non-hydrogen) atoms. The van der Waals surface area contributed by atoms with Crippen LogP contribution in [0.5, 0.6) is 11.5 Å². The van der Waals surface area contributed by atoms with Gasteiger partial charge >= 0.3 is 165 Å². The number of nitrogens with one attached hydrogen (secondary N) is 2. The quantitative estimate of drug-likeness (QED) is 0.0213. The number of piperidine rings is 4. The van der Waals surface area contributed by atoms with E-state index in [0.717, 1.165) is 143 Å². The van der Waals surface area contributed by atoms with Crippen molar-refractivity contribution in [3.05, 3.63) is 277 Å². The number of aliphatic carboxylic acids is 1. The van der Waals surface area contributed by atoms with E-state index in [1.54, 1.807) is 90.7 Å². The first-order valence-electron chi connectivity index (χ1n) is 43.5. The predicted molar refractivity (Wildman–Crippen MR) is 616 cm³/mol. The Morgan fingerprint density at radius 1 is 0.493 bits per heavy atom. The van der Waals surface area contributed by atoms with Crippen LogP contribution in [0.25, 0.3) is 0 Å². The van der Waals surface area contributed by atoms with Gasteiger partial charge in [-0.25, -0.2) is 56.3 Å². The number of urea groups is 1. The molecule has 8 heterocycles. The third-order valence-corrected chi connectivity index (χ3v) is 104. The molecule has 4 saturated heterocycles. The van der Waals surface area contributed by atoms with Crippen molar-refractivity contribution in [3.63, 3.8) is 0 Å². The molecular weight excluding hydrogens is 3110 g/mol. The number of carbonyl (C=O) groups excluding carboxylic acids is 4. The maximum atomic E-state index is 13.3. The van der Waals surface area contributed by atoms with Gasteiger partial charge in [0.15, 0.2) is 0 Å². The van der Waals surface area contributed by atoms with Crippen molar-refractivity contribution in [3.8, 4) is 11.5 Å². The van der Waals surface area contributed by atoms with Crippen molar-refractivity contribution >= 4 is 204 Å². The van der Waals surface area contributed by atoms with E-state index in [1.165, 1.54) is 107 Å². The number of imidazole rings is 4. The molecule has 14 rings (SSSR count). The third kappa shape index (κ3) is 54.0. The van der Waals surface area contributed by atoms with Crippen LogP contribution in [0.15, 0.2) is 220 Å². The Kier molecular flexibility index (Phi) is 68.8. The van der Waals surface area contributed by atoms with Crippen molar-refractivity contribution in [2.45, 2.75) is 149 Å². The number of carboxylic acid groups (broad SMARTS) is 1. The Morgan fingerprint density at radius 3 is 1.10 bits per heavy atom. The van der Waals surface area contributed by atoms with Gasteiger partial charge in [-0.1, -0.05) is 123 Å². The number of ether oxygens (including phenoxy) is 2. The second kappa shape index (κ2) is 73.4. The largest absolute Gasteiger partial charge is 1.00 e. The standard InChI is InChI=1S/C25H34FN3O2.C18H24FN4O.C17H21FN4O.C13H19FN2.C11H17NO.C7H6N4O.C2H4O2.CH3I.I5.I4.2HI/c1-19(2)18-31-24-10-6-20(7-11-24)16-27-25(30)29(23-12-14-28(3)15-13-23)17-21-4-8-22(26)9-5-21;1-20-9-7-17(8-10-20)23(13-15-3-5-16(19)6-4-15)18(24)22-12-11-21(2)14-22;1-20-9-6-16(7-10-20)22(17(23)21-11-8-19-13-21)12-14-2-4-15(18)5-3-14;1-16-8-6-13(7-9-16)15-10-11-2-4-12(14)5-3-11;1-9(2)8-13-11-5-3-10(7-12)4-6-11;12-7(10-3-1-8-5-10)11-4-2-9-6-11;1-2(3)4;1-2;1-4-5(2)3;1-4(2)3;;/h4-11,19,23H,12-18H2,1-3H3,(H,27,30);3-6,11-12,14,17H,7-10,13H2,1-2H3;2-5,8,11,13,16H,6-7,9-10,12H2,1H3;2-5,13,15H,6-10H2,1H3;3-6,9H,7-8,12H2,1-2H3;1-6H;1H3,(H,3,4);1H3;;;2*1H/q;+1;;;;;;;-1;;;/p-1. The van der Waals surface area contributed by atoms with E-state index in [2.05, 4.69) is 235 Å². The number of nitrogens with two attached hydrogens (primary N) is 1. The van der Waals surface area contributed by atoms with Crippen LogP contribution in [0.3, 0.4) is 0 Å². The molecule has 6 aromatic carbocycles. The number of halogens is 16. The number of alkyl halides is 1. The number of nitrogens with zero attached hydrogens (tertiary/aromatic N) is 15. The summed E-state index contributed by atoms with van der Waals surface area (Å²) in [6, 6.07) is 42.4. The molecule has 5 N–H and O–H groups in total. The number of likely N-dealkylation sites (tertiary alicyclic amines) is 4. The van der Waals surface area contributed by atoms with E-state index in [9.17, 15) is 36.7 Å². The molecule has 0 aliphatic carbocycles. The number of aryl methyl sites for hydroxylation is 1. The smallest absolute Gasteiger partial charge is 0.338 e. The van der Waals surface area contributed by atoms with Gasteiger partial charge in [-0.2, -0.15) is 4.57 Å². The number of aromatic nitrogens is 8. The van der Waals surface area contributed by atoms with Crippen molar-refractivity contribution in [1.82, 2.24) is 78.2 Å². The first-order valence-corrected chi connectivity index (χ1v) is 89.6. The summed E-state index contributed by atoms with van der Waals surface area (Å²) < 4.78 is 71.2. The number of benzene rings is 6. The molecule has 756 valence electrons. The van der Waals surface area contributed by atoms with Crippen LogP contribution in [-0.4, -0.2) is 226 Å². The molecule has 26 nitrogen and oxygen atoms in total. The van der Waals surface area contributed by atoms with Crippen molar-refractivity contribution < 1.29 is 97.9 Å². The molecular formula is C94H129F4I12N18O8-. The third-order valence-electron chi connectivity index (χ3n) is 21.1. The molecule has 0 saturated carbocycles. The van der Waals surface area contributed by atoms with E-state index < -0.39 is 5.97 Å². The summed E-state index contributed by atoms with van der Waals surface area (Å²) in [6.07, 6.45) is 27.4. The molecule has 0 unspecified atom stereocenters. The van der Waals surface area contributed by atoms with Crippen LogP contribution in [-0.2, 0) is 51.1 Å². The van der Waals surface area contributed by atoms with E-state index >= 15 is 0 Å². The average molecular weight is 3240 g/mol. The van der Waals surface area contributed by atoms with Gasteiger partial charge in [0.25, 0.3) is 12.3 Å². The maximum absolute atomic E-state index is 13.3. The van der Waals surface area contributed by atoms with Crippen molar-refractivity contribution in [1.29, 1.82) is 0 Å². The normalized spacial score (nSPS) is 14.2. The Balaban J connectivity index is 0.000000415. The number of carboxylic acids is 1. The van der Waals surface area contributed by atoms with Gasteiger partial charge in [0.1, 0.15) is 66.1 Å². The van der Waals surface area contributed by atoms with E-state index in [1.807, 2.05) is 98.1 Å². The van der Waals surface area contributed by atoms with Crippen molar-refractivity contribution in [2.75, 3.05) is 98.7 Å². The molecule has 4 fully saturated rings. The zero-order valence-electron chi connectivity index (χ0n) is 78.4. The van der Waals surface area contributed by atoms with Crippen LogP contribution in [0.2, 0.25) is 0 Å². The number of rotatable bonds is 22. The van der Waals surface area contributed by atoms with E-state index in [0.29, 0.717) is 70.5 Å². The molecule has 0 bridgehead atoms. The Bertz CT molecular complexity index is 4780. The first kappa shape index (κ1) is 128. The Hall–Kier alpha value is -2.65. The monoisotopic (exact) mass is 3240 g/mol. The minimum Gasteiger partial charge on any atom is -1.00 e. The minimum absolute atomic E-state index is 0. The topological polar surface area (TPSA) is 259 Å². The zero-order chi connectivity index (χ0) is 98.4. The number of carbonyl (C=O) groups is 5. The van der Waals surface area contributed by atoms with Crippen molar-refractivity contribution in [2.24, 2.45) is 24.6 Å². The molecule has 4 aliphatic heterocycles. The summed E-state index contributed by atoms with van der Waals surface area (Å²) in [5.74, 6) is 1.02. The van der Waals surface area contributed by atoms with Gasteiger partial charge in [-0.3, -0.25) is 23.4 Å². The van der Waals surface area contributed by atoms with Crippen LogP contribution < -0.4 is 67.6 Å². The molecule has 4 aliphatic rings. The van der Waals surface area contributed by atoms with Crippen LogP contribution in [0.4, 0.5) is 36.7 Å². The minimum atomic E-state index is -0.833. The number of hydrogen-bond donors (Lipinski definition) is 4. The summed E-state index contributed by atoms with van der Waals surface area (Å²) in [7, 11) is 9.76. The zero-order valence-corrected chi connectivity index (χ0v) is 104. The van der Waals surface area contributed by atoms with Gasteiger partial charge in [-0.05, 0) is 255 Å². The molecule has 10 aromatic rings. The Labute approximate surface area is 928 Å². The maximum Gasteiger partial charge on any atom is 0.338 e. The summed E-state index contributed by atoms with van der Waals surface area (Å²) in [4.78, 5) is 87.7. The fourth-order valence-electron chi connectivity index (χ4n) is 13.8. The van der Waals surface area contributed by atoms with Crippen LogP contribution >= 0.6 is 174 Å². The molecule has 0 radical (unpaired) electrons.